The van der Waals surface area contributed by atoms with Gasteiger partial charge >= 0.3 is 6.09 Å². The number of benzene rings is 2. The smallest absolute Gasteiger partial charge is 0.405 e. The number of carbonyl (C=O) groups is 1. The summed E-state index contributed by atoms with van der Waals surface area (Å²) in [4.78, 5) is 11.2. The predicted octanol–water partition coefficient (Wildman–Crippen LogP) is 3.46. The highest BCUT2D eigenvalue weighted by molar-refractivity contribution is 5.69. The molecule has 2 aromatic carbocycles. The molecule has 23 heavy (non-hydrogen) atoms. The zero-order valence-electron chi connectivity index (χ0n) is 13.2. The molecule has 1 heterocycles. The van der Waals surface area contributed by atoms with E-state index in [1.807, 2.05) is 49.4 Å². The van der Waals surface area contributed by atoms with E-state index >= 15 is 0 Å². The van der Waals surface area contributed by atoms with Crippen molar-refractivity contribution in [1.29, 1.82) is 0 Å². The summed E-state index contributed by atoms with van der Waals surface area (Å²) in [7, 11) is 1.64. The SMILES string of the molecule is COc1cccc(-c2ccc3c(c2)OCCC3(C)OC(N)=O)c1. The van der Waals surface area contributed by atoms with Gasteiger partial charge in [0.15, 0.2) is 0 Å². The van der Waals surface area contributed by atoms with E-state index in [2.05, 4.69) is 0 Å². The highest BCUT2D eigenvalue weighted by Crippen LogP contribution is 2.41. The standard InChI is InChI=1S/C18H19NO4/c1-18(23-17(19)20)8-9-22-16-11-13(6-7-15(16)18)12-4-3-5-14(10-12)21-2/h3-7,10-11H,8-9H2,1-2H3,(H2,19,20). The van der Waals surface area contributed by atoms with Crippen LogP contribution < -0.4 is 15.2 Å². The lowest BCUT2D eigenvalue weighted by Crippen LogP contribution is -2.36. The van der Waals surface area contributed by atoms with Crippen LogP contribution in [0.15, 0.2) is 42.5 Å². The number of hydrogen-bond donors (Lipinski definition) is 1. The Morgan fingerprint density at radius 2 is 2.00 bits per heavy atom. The van der Waals surface area contributed by atoms with Crippen LogP contribution in [0.1, 0.15) is 18.9 Å². The van der Waals surface area contributed by atoms with E-state index in [0.29, 0.717) is 18.8 Å². The first kappa shape index (κ1) is 15.2. The number of carbonyl (C=O) groups excluding carboxylic acids is 1. The molecule has 1 amide bonds. The van der Waals surface area contributed by atoms with Crippen LogP contribution in [-0.4, -0.2) is 19.8 Å². The van der Waals surface area contributed by atoms with E-state index in [1.165, 1.54) is 0 Å². The average Bonchev–Trinajstić information content (AvgIpc) is 2.54. The molecule has 0 spiro atoms. The highest BCUT2D eigenvalue weighted by atomic mass is 16.6. The van der Waals surface area contributed by atoms with Crippen LogP contribution in [0.3, 0.4) is 0 Å². The van der Waals surface area contributed by atoms with Crippen molar-refractivity contribution in [1.82, 2.24) is 0 Å². The number of rotatable bonds is 3. The minimum absolute atomic E-state index is 0.471. The summed E-state index contributed by atoms with van der Waals surface area (Å²) < 4.78 is 16.3. The number of ether oxygens (including phenoxy) is 3. The van der Waals surface area contributed by atoms with Crippen molar-refractivity contribution in [3.05, 3.63) is 48.0 Å². The lowest BCUT2D eigenvalue weighted by atomic mass is 9.88. The lowest BCUT2D eigenvalue weighted by Gasteiger charge is -2.34. The fraction of sp³-hybridized carbons (Fsp3) is 0.278. The molecule has 0 aromatic heterocycles. The molecule has 0 saturated heterocycles. The number of fused-ring (bicyclic) bond motifs is 1. The van der Waals surface area contributed by atoms with Gasteiger partial charge in [-0.25, -0.2) is 4.79 Å². The molecule has 1 aliphatic rings. The van der Waals surface area contributed by atoms with Gasteiger partial charge in [-0.15, -0.1) is 0 Å². The van der Waals surface area contributed by atoms with Crippen LogP contribution in [0.25, 0.3) is 11.1 Å². The van der Waals surface area contributed by atoms with Gasteiger partial charge in [0.1, 0.15) is 17.1 Å². The second-order valence-corrected chi connectivity index (χ2v) is 5.69. The molecular weight excluding hydrogens is 294 g/mol. The summed E-state index contributed by atoms with van der Waals surface area (Å²) in [5.74, 6) is 1.50. The monoisotopic (exact) mass is 313 g/mol. The zero-order chi connectivity index (χ0) is 16.4. The van der Waals surface area contributed by atoms with E-state index in [1.54, 1.807) is 7.11 Å². The molecule has 5 heteroatoms. The van der Waals surface area contributed by atoms with Gasteiger partial charge in [0.25, 0.3) is 0 Å². The molecule has 3 rings (SSSR count). The summed E-state index contributed by atoms with van der Waals surface area (Å²) in [6, 6.07) is 13.7. The Morgan fingerprint density at radius 3 is 2.74 bits per heavy atom. The molecule has 120 valence electrons. The molecule has 0 saturated carbocycles. The molecule has 5 nitrogen and oxygen atoms in total. The molecule has 1 unspecified atom stereocenters. The van der Waals surface area contributed by atoms with Crippen molar-refractivity contribution in [2.45, 2.75) is 18.9 Å². The fourth-order valence-corrected chi connectivity index (χ4v) is 2.88. The number of methoxy groups -OCH3 is 1. The largest absolute Gasteiger partial charge is 0.497 e. The summed E-state index contributed by atoms with van der Waals surface area (Å²) >= 11 is 0. The lowest BCUT2D eigenvalue weighted by molar-refractivity contribution is -0.00280. The number of amides is 1. The molecular formula is C18H19NO4. The third-order valence-electron chi connectivity index (χ3n) is 4.12. The second-order valence-electron chi connectivity index (χ2n) is 5.69. The molecule has 0 aliphatic carbocycles. The van der Waals surface area contributed by atoms with Crippen molar-refractivity contribution >= 4 is 6.09 Å². The van der Waals surface area contributed by atoms with Crippen LogP contribution in [0.2, 0.25) is 0 Å². The number of hydrogen-bond acceptors (Lipinski definition) is 4. The van der Waals surface area contributed by atoms with Gasteiger partial charge in [-0.05, 0) is 36.2 Å². The van der Waals surface area contributed by atoms with Crippen LogP contribution in [0, 0.1) is 0 Å². The maximum absolute atomic E-state index is 11.2. The van der Waals surface area contributed by atoms with Gasteiger partial charge in [-0.3, -0.25) is 0 Å². The Morgan fingerprint density at radius 1 is 1.22 bits per heavy atom. The summed E-state index contributed by atoms with van der Waals surface area (Å²) in [5, 5.41) is 0. The normalized spacial score (nSPS) is 19.4. The van der Waals surface area contributed by atoms with Crippen LogP contribution >= 0.6 is 0 Å². The van der Waals surface area contributed by atoms with Crippen LogP contribution in [0.5, 0.6) is 11.5 Å². The van der Waals surface area contributed by atoms with Crippen molar-refractivity contribution in [2.75, 3.05) is 13.7 Å². The average molecular weight is 313 g/mol. The van der Waals surface area contributed by atoms with Gasteiger partial charge < -0.3 is 19.9 Å². The third kappa shape index (κ3) is 2.95. The Hall–Kier alpha value is -2.69. The Kier molecular flexibility index (Phi) is 3.86. The highest BCUT2D eigenvalue weighted by Gasteiger charge is 2.36. The maximum atomic E-state index is 11.2. The topological polar surface area (TPSA) is 70.8 Å². The van der Waals surface area contributed by atoms with Gasteiger partial charge in [0, 0.05) is 12.0 Å². The van der Waals surface area contributed by atoms with E-state index in [4.69, 9.17) is 19.9 Å². The van der Waals surface area contributed by atoms with E-state index in [9.17, 15) is 4.79 Å². The molecule has 0 fully saturated rings. The number of nitrogens with two attached hydrogens (primary N) is 1. The van der Waals surface area contributed by atoms with Crippen molar-refractivity contribution in [3.8, 4) is 22.6 Å². The molecule has 2 aromatic rings. The first-order chi connectivity index (χ1) is 11.0. The van der Waals surface area contributed by atoms with Crippen molar-refractivity contribution in [3.63, 3.8) is 0 Å². The Bertz CT molecular complexity index is 744. The summed E-state index contributed by atoms with van der Waals surface area (Å²) in [6.07, 6.45) is -0.209. The van der Waals surface area contributed by atoms with Crippen LogP contribution in [-0.2, 0) is 10.3 Å². The molecule has 0 radical (unpaired) electrons. The molecule has 2 N–H and O–H groups in total. The quantitative estimate of drug-likeness (QED) is 0.942. The first-order valence-electron chi connectivity index (χ1n) is 7.42. The van der Waals surface area contributed by atoms with Gasteiger partial charge in [0.05, 0.1) is 13.7 Å². The minimum atomic E-state index is -0.780. The Balaban J connectivity index is 2.00. The van der Waals surface area contributed by atoms with E-state index in [-0.39, 0.29) is 0 Å². The zero-order valence-corrected chi connectivity index (χ0v) is 13.2. The van der Waals surface area contributed by atoms with Gasteiger partial charge in [-0.1, -0.05) is 24.3 Å². The van der Waals surface area contributed by atoms with Crippen molar-refractivity contribution in [2.24, 2.45) is 5.73 Å². The van der Waals surface area contributed by atoms with Crippen LogP contribution in [0.4, 0.5) is 4.79 Å². The maximum Gasteiger partial charge on any atom is 0.405 e. The number of primary amides is 1. The van der Waals surface area contributed by atoms with E-state index < -0.39 is 11.7 Å². The third-order valence-corrected chi connectivity index (χ3v) is 4.12. The predicted molar refractivity (Wildman–Crippen MR) is 86.6 cm³/mol. The second kappa shape index (κ2) is 5.83. The summed E-state index contributed by atoms with van der Waals surface area (Å²) in [5.41, 5.74) is 7.31. The first-order valence-corrected chi connectivity index (χ1v) is 7.42. The van der Waals surface area contributed by atoms with Gasteiger partial charge in [0.2, 0.25) is 0 Å². The molecule has 0 bridgehead atoms. The minimum Gasteiger partial charge on any atom is -0.497 e. The fourth-order valence-electron chi connectivity index (χ4n) is 2.88. The summed E-state index contributed by atoms with van der Waals surface area (Å²) in [6.45, 7) is 2.32. The molecule has 1 aliphatic heterocycles. The van der Waals surface area contributed by atoms with E-state index in [0.717, 1.165) is 22.4 Å². The van der Waals surface area contributed by atoms with Gasteiger partial charge in [-0.2, -0.15) is 0 Å². The van der Waals surface area contributed by atoms with Crippen molar-refractivity contribution < 1.29 is 19.0 Å². The Labute approximate surface area is 135 Å². The molecule has 1 atom stereocenters.